The summed E-state index contributed by atoms with van der Waals surface area (Å²) in [5.41, 5.74) is 5.76. The maximum atomic E-state index is 5.76. The van der Waals surface area contributed by atoms with Crippen molar-refractivity contribution in [3.63, 3.8) is 0 Å². The predicted molar refractivity (Wildman–Crippen MR) is 45.5 cm³/mol. The van der Waals surface area contributed by atoms with Gasteiger partial charge in [0, 0.05) is 32.8 Å². The van der Waals surface area contributed by atoms with Gasteiger partial charge in [-0.2, -0.15) is 0 Å². The number of hydrogen-bond acceptors (Lipinski definition) is 3. The van der Waals surface area contributed by atoms with Crippen LogP contribution in [-0.2, 0) is 4.74 Å². The normalized spacial score (nSPS) is 26.2. The first kappa shape index (κ1) is 8.97. The molecular weight excluding hydrogens is 140 g/mol. The average Bonchev–Trinajstić information content (AvgIpc) is 2.37. The summed E-state index contributed by atoms with van der Waals surface area (Å²) in [5, 5.41) is 0. The minimum absolute atomic E-state index is 0.414. The van der Waals surface area contributed by atoms with Crippen LogP contribution in [0.4, 0.5) is 0 Å². The molecule has 1 atom stereocenters. The third kappa shape index (κ3) is 3.18. The minimum atomic E-state index is 0.414. The van der Waals surface area contributed by atoms with Crippen molar-refractivity contribution >= 4 is 0 Å². The second kappa shape index (κ2) is 4.70. The molecule has 0 aromatic rings. The molecule has 1 unspecified atom stereocenters. The molecule has 0 bridgehead atoms. The quantitative estimate of drug-likeness (QED) is 0.588. The lowest BCUT2D eigenvalue weighted by atomic mass is 10.3. The van der Waals surface area contributed by atoms with Gasteiger partial charge in [0.25, 0.3) is 0 Å². The van der Waals surface area contributed by atoms with Crippen LogP contribution in [0.2, 0.25) is 0 Å². The van der Waals surface area contributed by atoms with E-state index in [9.17, 15) is 0 Å². The van der Waals surface area contributed by atoms with Gasteiger partial charge in [-0.05, 0) is 19.4 Å². The van der Waals surface area contributed by atoms with Crippen LogP contribution in [0.3, 0.4) is 0 Å². The lowest BCUT2D eigenvalue weighted by Gasteiger charge is -2.13. The maximum absolute atomic E-state index is 5.76. The molecule has 0 radical (unpaired) electrons. The van der Waals surface area contributed by atoms with Gasteiger partial charge in [-0.3, -0.25) is 0 Å². The smallest absolute Gasteiger partial charge is 0.0474 e. The van der Waals surface area contributed by atoms with Gasteiger partial charge >= 0.3 is 0 Å². The van der Waals surface area contributed by atoms with Gasteiger partial charge in [0.15, 0.2) is 0 Å². The van der Waals surface area contributed by atoms with Gasteiger partial charge < -0.3 is 15.4 Å². The molecule has 0 spiro atoms. The second-order valence-electron chi connectivity index (χ2n) is 3.20. The second-order valence-corrected chi connectivity index (χ2v) is 3.20. The van der Waals surface area contributed by atoms with Crippen LogP contribution in [0.15, 0.2) is 0 Å². The predicted octanol–water partition coefficient (Wildman–Crippen LogP) is 0.0559. The minimum Gasteiger partial charge on any atom is -0.385 e. The monoisotopic (exact) mass is 158 g/mol. The summed E-state index contributed by atoms with van der Waals surface area (Å²) in [7, 11) is 1.75. The van der Waals surface area contributed by atoms with Crippen molar-refractivity contribution in [1.29, 1.82) is 0 Å². The van der Waals surface area contributed by atoms with Crippen LogP contribution >= 0.6 is 0 Å². The number of nitrogens with zero attached hydrogens (tertiary/aromatic N) is 1. The summed E-state index contributed by atoms with van der Waals surface area (Å²) in [6.07, 6.45) is 2.29. The van der Waals surface area contributed by atoms with Crippen molar-refractivity contribution < 1.29 is 4.74 Å². The number of methoxy groups -OCH3 is 1. The van der Waals surface area contributed by atoms with Crippen molar-refractivity contribution in [2.24, 2.45) is 5.73 Å². The SMILES string of the molecule is COCCCN1CCC(N)C1. The third-order valence-corrected chi connectivity index (χ3v) is 2.13. The Morgan fingerprint density at radius 1 is 1.64 bits per heavy atom. The lowest BCUT2D eigenvalue weighted by Crippen LogP contribution is -2.27. The molecule has 1 saturated heterocycles. The number of ether oxygens (including phenoxy) is 1. The topological polar surface area (TPSA) is 38.5 Å². The lowest BCUT2D eigenvalue weighted by molar-refractivity contribution is 0.179. The Kier molecular flexibility index (Phi) is 3.83. The zero-order chi connectivity index (χ0) is 8.10. The molecule has 11 heavy (non-hydrogen) atoms. The number of rotatable bonds is 4. The van der Waals surface area contributed by atoms with Gasteiger partial charge in [-0.1, -0.05) is 0 Å². The molecule has 3 nitrogen and oxygen atoms in total. The highest BCUT2D eigenvalue weighted by molar-refractivity contribution is 4.77. The molecule has 1 aliphatic heterocycles. The Labute approximate surface area is 68.5 Å². The fourth-order valence-corrected chi connectivity index (χ4v) is 1.50. The summed E-state index contributed by atoms with van der Waals surface area (Å²) < 4.78 is 4.97. The van der Waals surface area contributed by atoms with E-state index in [1.165, 1.54) is 6.54 Å². The van der Waals surface area contributed by atoms with E-state index >= 15 is 0 Å². The summed E-state index contributed by atoms with van der Waals surface area (Å²) in [6.45, 7) is 4.25. The number of hydrogen-bond donors (Lipinski definition) is 1. The van der Waals surface area contributed by atoms with Crippen LogP contribution < -0.4 is 5.73 Å². The van der Waals surface area contributed by atoms with Crippen LogP contribution in [-0.4, -0.2) is 44.3 Å². The van der Waals surface area contributed by atoms with Crippen LogP contribution in [0.1, 0.15) is 12.8 Å². The van der Waals surface area contributed by atoms with E-state index in [-0.39, 0.29) is 0 Å². The van der Waals surface area contributed by atoms with Crippen molar-refractivity contribution in [3.05, 3.63) is 0 Å². The van der Waals surface area contributed by atoms with Crippen molar-refractivity contribution in [2.45, 2.75) is 18.9 Å². The summed E-state index contributed by atoms with van der Waals surface area (Å²) in [5.74, 6) is 0. The Hall–Kier alpha value is -0.120. The Morgan fingerprint density at radius 3 is 3.00 bits per heavy atom. The van der Waals surface area contributed by atoms with Crippen LogP contribution in [0, 0.1) is 0 Å². The highest BCUT2D eigenvalue weighted by Crippen LogP contribution is 2.06. The highest BCUT2D eigenvalue weighted by Gasteiger charge is 2.17. The summed E-state index contributed by atoms with van der Waals surface area (Å²) in [4.78, 5) is 2.41. The number of likely N-dealkylation sites (tertiary alicyclic amines) is 1. The molecular formula is C8H18N2O. The first-order chi connectivity index (χ1) is 5.33. The zero-order valence-corrected chi connectivity index (χ0v) is 7.25. The highest BCUT2D eigenvalue weighted by atomic mass is 16.5. The van der Waals surface area contributed by atoms with E-state index in [1.54, 1.807) is 7.11 Å². The van der Waals surface area contributed by atoms with Gasteiger partial charge in [-0.15, -0.1) is 0 Å². The molecule has 1 aliphatic rings. The molecule has 0 saturated carbocycles. The standard InChI is InChI=1S/C8H18N2O/c1-11-6-2-4-10-5-3-8(9)7-10/h8H,2-7,9H2,1H3. The molecule has 1 rings (SSSR count). The third-order valence-electron chi connectivity index (χ3n) is 2.13. The molecule has 66 valence electrons. The largest absolute Gasteiger partial charge is 0.385 e. The Morgan fingerprint density at radius 2 is 2.45 bits per heavy atom. The van der Waals surface area contributed by atoms with Gasteiger partial charge in [-0.25, -0.2) is 0 Å². The zero-order valence-electron chi connectivity index (χ0n) is 7.25. The van der Waals surface area contributed by atoms with Gasteiger partial charge in [0.05, 0.1) is 0 Å². The Balaban J connectivity index is 1.99. The van der Waals surface area contributed by atoms with E-state index in [1.807, 2.05) is 0 Å². The molecule has 1 heterocycles. The molecule has 1 fully saturated rings. The summed E-state index contributed by atoms with van der Waals surface area (Å²) in [6, 6.07) is 0.414. The van der Waals surface area contributed by atoms with E-state index in [0.29, 0.717) is 6.04 Å². The molecule has 2 N–H and O–H groups in total. The molecule has 3 heteroatoms. The van der Waals surface area contributed by atoms with Gasteiger partial charge in [0.1, 0.15) is 0 Å². The number of nitrogens with two attached hydrogens (primary N) is 1. The van der Waals surface area contributed by atoms with E-state index < -0.39 is 0 Å². The molecule has 0 amide bonds. The van der Waals surface area contributed by atoms with Crippen LogP contribution in [0.25, 0.3) is 0 Å². The fraction of sp³-hybridized carbons (Fsp3) is 1.00. The van der Waals surface area contributed by atoms with E-state index in [2.05, 4.69) is 4.90 Å². The van der Waals surface area contributed by atoms with Crippen LogP contribution in [0.5, 0.6) is 0 Å². The van der Waals surface area contributed by atoms with Crippen molar-refractivity contribution in [3.8, 4) is 0 Å². The molecule has 0 aromatic heterocycles. The van der Waals surface area contributed by atoms with Crippen molar-refractivity contribution in [2.75, 3.05) is 33.4 Å². The molecule has 0 aromatic carbocycles. The van der Waals surface area contributed by atoms with E-state index in [4.69, 9.17) is 10.5 Å². The van der Waals surface area contributed by atoms with Crippen molar-refractivity contribution in [1.82, 2.24) is 4.90 Å². The Bertz CT molecular complexity index is 108. The first-order valence-corrected chi connectivity index (χ1v) is 4.30. The van der Waals surface area contributed by atoms with E-state index in [0.717, 1.165) is 32.5 Å². The fourth-order valence-electron chi connectivity index (χ4n) is 1.50. The molecule has 0 aliphatic carbocycles. The average molecular weight is 158 g/mol. The summed E-state index contributed by atoms with van der Waals surface area (Å²) >= 11 is 0. The van der Waals surface area contributed by atoms with Gasteiger partial charge in [0.2, 0.25) is 0 Å². The maximum Gasteiger partial charge on any atom is 0.0474 e. The first-order valence-electron chi connectivity index (χ1n) is 4.30.